The minimum Gasteiger partial charge on any atom is -0.464 e. The third kappa shape index (κ3) is 9.00. The van der Waals surface area contributed by atoms with E-state index in [1.54, 1.807) is 0 Å². The summed E-state index contributed by atoms with van der Waals surface area (Å²) in [5.41, 5.74) is 0. The summed E-state index contributed by atoms with van der Waals surface area (Å²) in [6.07, 6.45) is 5.39. The molecular formula is C11H19NO3. The van der Waals surface area contributed by atoms with E-state index in [2.05, 4.69) is 18.8 Å². The van der Waals surface area contributed by atoms with E-state index < -0.39 is 5.97 Å². The maximum absolute atomic E-state index is 11.0. The summed E-state index contributed by atoms with van der Waals surface area (Å²) in [6.45, 7) is 5.74. The third-order valence-electron chi connectivity index (χ3n) is 1.85. The van der Waals surface area contributed by atoms with Crippen molar-refractivity contribution in [3.05, 3.63) is 12.7 Å². The van der Waals surface area contributed by atoms with Crippen molar-refractivity contribution < 1.29 is 14.3 Å². The minimum atomic E-state index is -0.401. The number of rotatable bonds is 8. The van der Waals surface area contributed by atoms with Gasteiger partial charge in [-0.2, -0.15) is 0 Å². The molecule has 0 unspecified atom stereocenters. The number of esters is 1. The van der Waals surface area contributed by atoms with Crippen LogP contribution in [0.15, 0.2) is 12.7 Å². The summed E-state index contributed by atoms with van der Waals surface area (Å²) >= 11 is 0. The molecule has 0 heterocycles. The molecule has 0 aromatic carbocycles. The van der Waals surface area contributed by atoms with Gasteiger partial charge >= 0.3 is 5.97 Å². The largest absolute Gasteiger partial charge is 0.464 e. The Balaban J connectivity index is 3.33. The molecule has 0 radical (unpaired) electrons. The van der Waals surface area contributed by atoms with Crippen molar-refractivity contribution in [2.45, 2.75) is 32.6 Å². The van der Waals surface area contributed by atoms with Gasteiger partial charge in [-0.25, -0.2) is 0 Å². The minimum absolute atomic E-state index is 0.0847. The number of amides is 1. The highest BCUT2D eigenvalue weighted by atomic mass is 16.5. The van der Waals surface area contributed by atoms with Crippen molar-refractivity contribution in [3.8, 4) is 0 Å². The van der Waals surface area contributed by atoms with Crippen LogP contribution >= 0.6 is 0 Å². The lowest BCUT2D eigenvalue weighted by Crippen LogP contribution is -2.29. The van der Waals surface area contributed by atoms with E-state index in [0.717, 1.165) is 31.8 Å². The molecule has 0 aromatic heterocycles. The first-order valence-electron chi connectivity index (χ1n) is 5.26. The molecular weight excluding hydrogens is 194 g/mol. The van der Waals surface area contributed by atoms with E-state index in [9.17, 15) is 9.59 Å². The Morgan fingerprint density at radius 2 is 2.07 bits per heavy atom. The molecule has 0 aliphatic rings. The van der Waals surface area contributed by atoms with Gasteiger partial charge in [-0.1, -0.05) is 32.8 Å². The van der Waals surface area contributed by atoms with E-state index >= 15 is 0 Å². The molecule has 0 aliphatic carbocycles. The van der Waals surface area contributed by atoms with Crippen LogP contribution in [0.3, 0.4) is 0 Å². The molecule has 1 amide bonds. The molecule has 4 heteroatoms. The quantitative estimate of drug-likeness (QED) is 0.377. The van der Waals surface area contributed by atoms with Crippen molar-refractivity contribution in [2.24, 2.45) is 0 Å². The van der Waals surface area contributed by atoms with Crippen LogP contribution in [0.5, 0.6) is 0 Å². The van der Waals surface area contributed by atoms with Gasteiger partial charge in [0.2, 0.25) is 5.91 Å². The van der Waals surface area contributed by atoms with E-state index in [1.165, 1.54) is 0 Å². The van der Waals surface area contributed by atoms with Gasteiger partial charge in [-0.3, -0.25) is 9.59 Å². The van der Waals surface area contributed by atoms with E-state index in [1.807, 2.05) is 0 Å². The van der Waals surface area contributed by atoms with Crippen LogP contribution in [0.25, 0.3) is 0 Å². The average Bonchev–Trinajstić information content (AvgIpc) is 2.25. The van der Waals surface area contributed by atoms with Crippen LogP contribution in [0.1, 0.15) is 32.6 Å². The molecule has 1 N–H and O–H groups in total. The summed E-state index contributed by atoms with van der Waals surface area (Å²) in [7, 11) is 0. The second kappa shape index (κ2) is 9.24. The molecule has 0 aromatic rings. The number of unbranched alkanes of at least 4 members (excludes halogenated alkanes) is 3. The van der Waals surface area contributed by atoms with Crippen LogP contribution in [-0.2, 0) is 14.3 Å². The van der Waals surface area contributed by atoms with Crippen LogP contribution < -0.4 is 5.32 Å². The lowest BCUT2D eigenvalue weighted by molar-refractivity contribution is -0.143. The van der Waals surface area contributed by atoms with Gasteiger partial charge in [0.15, 0.2) is 0 Å². The summed E-state index contributed by atoms with van der Waals surface area (Å²) in [5, 5.41) is 2.35. The fourth-order valence-corrected chi connectivity index (χ4v) is 0.997. The number of hydrogen-bond acceptors (Lipinski definition) is 3. The highest BCUT2D eigenvalue weighted by molar-refractivity contribution is 5.89. The molecule has 15 heavy (non-hydrogen) atoms. The lowest BCUT2D eigenvalue weighted by Gasteiger charge is -2.04. The number of carbonyl (C=O) groups is 2. The molecule has 86 valence electrons. The zero-order valence-electron chi connectivity index (χ0n) is 9.25. The molecule has 0 saturated heterocycles. The molecule has 0 atom stereocenters. The van der Waals surface area contributed by atoms with Crippen LogP contribution in [0, 0.1) is 0 Å². The van der Waals surface area contributed by atoms with Crippen molar-refractivity contribution >= 4 is 11.9 Å². The number of ether oxygens (including phenoxy) is 1. The van der Waals surface area contributed by atoms with Crippen LogP contribution in [-0.4, -0.2) is 25.0 Å². The van der Waals surface area contributed by atoms with Gasteiger partial charge in [0.1, 0.15) is 6.54 Å². The van der Waals surface area contributed by atoms with Crippen molar-refractivity contribution in [1.29, 1.82) is 0 Å². The second-order valence-corrected chi connectivity index (χ2v) is 3.20. The second-order valence-electron chi connectivity index (χ2n) is 3.20. The summed E-state index contributed by atoms with van der Waals surface area (Å²) in [5.74, 6) is -0.764. The molecule has 0 aliphatic heterocycles. The topological polar surface area (TPSA) is 55.4 Å². The zero-order valence-corrected chi connectivity index (χ0v) is 9.25. The third-order valence-corrected chi connectivity index (χ3v) is 1.85. The predicted molar refractivity (Wildman–Crippen MR) is 58.3 cm³/mol. The lowest BCUT2D eigenvalue weighted by atomic mass is 10.2. The first-order chi connectivity index (χ1) is 7.20. The molecule has 0 bridgehead atoms. The first-order valence-corrected chi connectivity index (χ1v) is 5.26. The van der Waals surface area contributed by atoms with Crippen molar-refractivity contribution in [3.63, 3.8) is 0 Å². The van der Waals surface area contributed by atoms with Gasteiger partial charge in [0.05, 0.1) is 6.61 Å². The first kappa shape index (κ1) is 13.7. The maximum Gasteiger partial charge on any atom is 0.325 e. The fraction of sp³-hybridized carbons (Fsp3) is 0.636. The normalized spacial score (nSPS) is 9.40. The van der Waals surface area contributed by atoms with Gasteiger partial charge < -0.3 is 10.1 Å². The monoisotopic (exact) mass is 213 g/mol. The Labute approximate surface area is 90.7 Å². The Morgan fingerprint density at radius 3 is 2.67 bits per heavy atom. The maximum atomic E-state index is 11.0. The Morgan fingerprint density at radius 1 is 1.33 bits per heavy atom. The molecule has 4 nitrogen and oxygen atoms in total. The SMILES string of the molecule is C=CC(=O)NCC(=O)OCCCCCC. The predicted octanol–water partition coefficient (Wildman–Crippen LogP) is 1.41. The summed E-state index contributed by atoms with van der Waals surface area (Å²) in [6, 6.07) is 0. The van der Waals surface area contributed by atoms with Gasteiger partial charge in [0, 0.05) is 0 Å². The Bertz CT molecular complexity index is 214. The van der Waals surface area contributed by atoms with Gasteiger partial charge in [-0.05, 0) is 12.5 Å². The van der Waals surface area contributed by atoms with E-state index in [0.29, 0.717) is 6.61 Å². The van der Waals surface area contributed by atoms with Crippen molar-refractivity contribution in [2.75, 3.05) is 13.2 Å². The molecule has 0 spiro atoms. The van der Waals surface area contributed by atoms with Gasteiger partial charge in [0.25, 0.3) is 0 Å². The highest BCUT2D eigenvalue weighted by Crippen LogP contribution is 1.98. The number of nitrogens with one attached hydrogen (secondary N) is 1. The Kier molecular flexibility index (Phi) is 8.43. The van der Waals surface area contributed by atoms with Crippen molar-refractivity contribution in [1.82, 2.24) is 5.32 Å². The summed E-state index contributed by atoms with van der Waals surface area (Å²) in [4.78, 5) is 21.7. The molecule has 0 rings (SSSR count). The number of carbonyl (C=O) groups excluding carboxylic acids is 2. The summed E-state index contributed by atoms with van der Waals surface area (Å²) < 4.78 is 4.90. The molecule has 0 fully saturated rings. The van der Waals surface area contributed by atoms with Crippen LogP contribution in [0.4, 0.5) is 0 Å². The fourth-order valence-electron chi connectivity index (χ4n) is 0.997. The Hall–Kier alpha value is -1.32. The van der Waals surface area contributed by atoms with Crippen LogP contribution in [0.2, 0.25) is 0 Å². The number of hydrogen-bond donors (Lipinski definition) is 1. The standard InChI is InChI=1S/C11H19NO3/c1-3-5-6-7-8-15-11(14)9-12-10(13)4-2/h4H,2-3,5-9H2,1H3,(H,12,13). The van der Waals surface area contributed by atoms with Gasteiger partial charge in [-0.15, -0.1) is 0 Å². The smallest absolute Gasteiger partial charge is 0.325 e. The van der Waals surface area contributed by atoms with E-state index in [-0.39, 0.29) is 12.5 Å². The zero-order chi connectivity index (χ0) is 11.5. The molecule has 0 saturated carbocycles. The average molecular weight is 213 g/mol. The highest BCUT2D eigenvalue weighted by Gasteiger charge is 2.03. The van der Waals surface area contributed by atoms with E-state index in [4.69, 9.17) is 4.74 Å².